The smallest absolute Gasteiger partial charge is 0.326 e. The van der Waals surface area contributed by atoms with Crippen molar-refractivity contribution >= 4 is 33.2 Å². The van der Waals surface area contributed by atoms with Crippen LogP contribution in [0.4, 0.5) is 5.69 Å². The summed E-state index contributed by atoms with van der Waals surface area (Å²) in [5.74, 6) is -0.732. The highest BCUT2D eigenvalue weighted by Crippen LogP contribution is 2.34. The van der Waals surface area contributed by atoms with Crippen molar-refractivity contribution in [3.8, 4) is 0 Å². The average Bonchev–Trinajstić information content (AvgIpc) is 2.97. The number of fused-ring (bicyclic) bond motifs is 1. The molecule has 1 aliphatic rings. The normalized spacial score (nSPS) is 20.0. The highest BCUT2D eigenvalue weighted by atomic mass is 32.1. The topological polar surface area (TPSA) is 53.4 Å². The number of hydrogen-bond acceptors (Lipinski definition) is 4. The van der Waals surface area contributed by atoms with Crippen LogP contribution in [0.2, 0.25) is 0 Å². The van der Waals surface area contributed by atoms with Gasteiger partial charge >= 0.3 is 5.97 Å². The Morgan fingerprint density at radius 2 is 2.41 bits per heavy atom. The molecule has 3 heterocycles. The number of aromatic nitrogens is 1. The molecule has 2 aromatic rings. The van der Waals surface area contributed by atoms with Crippen molar-refractivity contribution in [1.82, 2.24) is 4.98 Å². The van der Waals surface area contributed by atoms with E-state index in [1.807, 2.05) is 22.4 Å². The lowest BCUT2D eigenvalue weighted by molar-refractivity contribution is -0.138. The summed E-state index contributed by atoms with van der Waals surface area (Å²) >= 11 is 1.62. The van der Waals surface area contributed by atoms with Crippen LogP contribution in [0, 0.1) is 0 Å². The molecule has 0 unspecified atom stereocenters. The third-order valence-corrected chi connectivity index (χ3v) is 4.10. The minimum absolute atomic E-state index is 0.386. The molecule has 17 heavy (non-hydrogen) atoms. The summed E-state index contributed by atoms with van der Waals surface area (Å²) in [5, 5.41) is 11.2. The first-order chi connectivity index (χ1) is 8.27. The van der Waals surface area contributed by atoms with E-state index in [1.165, 1.54) is 0 Å². The van der Waals surface area contributed by atoms with Gasteiger partial charge in [-0.1, -0.05) is 0 Å². The van der Waals surface area contributed by atoms with Crippen molar-refractivity contribution in [3.63, 3.8) is 0 Å². The van der Waals surface area contributed by atoms with Crippen LogP contribution < -0.4 is 4.90 Å². The van der Waals surface area contributed by atoms with E-state index < -0.39 is 5.97 Å². The van der Waals surface area contributed by atoms with Crippen LogP contribution in [0.3, 0.4) is 0 Å². The van der Waals surface area contributed by atoms with Crippen LogP contribution >= 0.6 is 11.3 Å². The molecule has 0 amide bonds. The first-order valence-electron chi connectivity index (χ1n) is 5.59. The quantitative estimate of drug-likeness (QED) is 0.886. The van der Waals surface area contributed by atoms with E-state index in [1.54, 1.807) is 17.5 Å². The molecule has 1 aliphatic heterocycles. The van der Waals surface area contributed by atoms with Gasteiger partial charge in [0.05, 0.1) is 15.9 Å². The summed E-state index contributed by atoms with van der Waals surface area (Å²) in [4.78, 5) is 17.5. The van der Waals surface area contributed by atoms with E-state index in [2.05, 4.69) is 4.98 Å². The van der Waals surface area contributed by atoms with Crippen molar-refractivity contribution in [2.24, 2.45) is 0 Å². The number of aliphatic carboxylic acids is 1. The van der Waals surface area contributed by atoms with E-state index in [4.69, 9.17) is 0 Å². The second-order valence-electron chi connectivity index (χ2n) is 4.15. The maximum Gasteiger partial charge on any atom is 0.326 e. The molecule has 1 N–H and O–H groups in total. The summed E-state index contributed by atoms with van der Waals surface area (Å²) in [6, 6.07) is 3.50. The van der Waals surface area contributed by atoms with Crippen LogP contribution in [0.1, 0.15) is 12.8 Å². The monoisotopic (exact) mass is 248 g/mol. The largest absolute Gasteiger partial charge is 0.480 e. The highest BCUT2D eigenvalue weighted by Gasteiger charge is 2.31. The van der Waals surface area contributed by atoms with Gasteiger partial charge in [0, 0.05) is 12.7 Å². The molecule has 1 atom stereocenters. The molecule has 2 aromatic heterocycles. The van der Waals surface area contributed by atoms with Gasteiger partial charge in [-0.25, -0.2) is 4.79 Å². The minimum atomic E-state index is -0.732. The Morgan fingerprint density at radius 1 is 1.53 bits per heavy atom. The molecule has 0 radical (unpaired) electrons. The predicted molar refractivity (Wildman–Crippen MR) is 67.6 cm³/mol. The highest BCUT2D eigenvalue weighted by molar-refractivity contribution is 7.17. The zero-order valence-electron chi connectivity index (χ0n) is 9.17. The van der Waals surface area contributed by atoms with Gasteiger partial charge in [-0.15, -0.1) is 11.3 Å². The molecular weight excluding hydrogens is 236 g/mol. The summed E-state index contributed by atoms with van der Waals surface area (Å²) in [5.41, 5.74) is 1.96. The number of anilines is 1. The maximum absolute atomic E-state index is 11.2. The molecule has 3 rings (SSSR count). The predicted octanol–water partition coefficient (Wildman–Crippen LogP) is 2.35. The fraction of sp³-hybridized carbons (Fsp3) is 0.333. The van der Waals surface area contributed by atoms with E-state index >= 15 is 0 Å². The number of nitrogens with zero attached hydrogens (tertiary/aromatic N) is 2. The maximum atomic E-state index is 11.2. The second kappa shape index (κ2) is 4.00. The molecule has 1 fully saturated rings. The number of carbonyl (C=O) groups is 1. The SMILES string of the molecule is O=C(O)[C@@H]1CCCN1c1ccnc2ccsc12. The number of pyridine rings is 1. The Morgan fingerprint density at radius 3 is 3.24 bits per heavy atom. The zero-order chi connectivity index (χ0) is 11.8. The first-order valence-corrected chi connectivity index (χ1v) is 6.47. The van der Waals surface area contributed by atoms with Gasteiger partial charge in [0.2, 0.25) is 0 Å². The van der Waals surface area contributed by atoms with Gasteiger partial charge in [0.25, 0.3) is 0 Å². The minimum Gasteiger partial charge on any atom is -0.480 e. The molecule has 4 nitrogen and oxygen atoms in total. The molecule has 1 saturated heterocycles. The average molecular weight is 248 g/mol. The fourth-order valence-electron chi connectivity index (χ4n) is 2.40. The lowest BCUT2D eigenvalue weighted by atomic mass is 10.2. The molecule has 0 bridgehead atoms. The van der Waals surface area contributed by atoms with Crippen molar-refractivity contribution in [2.75, 3.05) is 11.4 Å². The molecule has 0 aromatic carbocycles. The van der Waals surface area contributed by atoms with Crippen molar-refractivity contribution in [2.45, 2.75) is 18.9 Å². The lowest BCUT2D eigenvalue weighted by Crippen LogP contribution is -2.35. The number of rotatable bonds is 2. The fourth-order valence-corrected chi connectivity index (χ4v) is 3.28. The van der Waals surface area contributed by atoms with Crippen LogP contribution in [0.5, 0.6) is 0 Å². The van der Waals surface area contributed by atoms with Crippen LogP contribution in [-0.2, 0) is 4.79 Å². The standard InChI is InChI=1S/C12H12N2O2S/c15-12(16)10-2-1-6-14(10)9-3-5-13-8-4-7-17-11(8)9/h3-5,7,10H,1-2,6H2,(H,15,16)/t10-/m0/s1. The Bertz CT molecular complexity index is 566. The van der Waals surface area contributed by atoms with Crippen molar-refractivity contribution < 1.29 is 9.90 Å². The Kier molecular flexibility index (Phi) is 2.48. The number of carboxylic acid groups (broad SMARTS) is 1. The number of carboxylic acids is 1. The van der Waals surface area contributed by atoms with Crippen molar-refractivity contribution in [3.05, 3.63) is 23.7 Å². The third-order valence-electron chi connectivity index (χ3n) is 3.17. The van der Waals surface area contributed by atoms with Crippen molar-refractivity contribution in [1.29, 1.82) is 0 Å². The van der Waals surface area contributed by atoms with Gasteiger partial charge < -0.3 is 10.0 Å². The Hall–Kier alpha value is -1.62. The van der Waals surface area contributed by atoms with E-state index in [-0.39, 0.29) is 6.04 Å². The first kappa shape index (κ1) is 10.5. The zero-order valence-corrected chi connectivity index (χ0v) is 9.98. The van der Waals surface area contributed by atoms with Crippen LogP contribution in [0.25, 0.3) is 10.2 Å². The molecule has 0 spiro atoms. The van der Waals surface area contributed by atoms with Gasteiger partial charge in [-0.2, -0.15) is 0 Å². The number of hydrogen-bond donors (Lipinski definition) is 1. The molecule has 5 heteroatoms. The second-order valence-corrected chi connectivity index (χ2v) is 5.07. The van der Waals surface area contributed by atoms with Gasteiger partial charge in [0.1, 0.15) is 6.04 Å². The summed E-state index contributed by atoms with van der Waals surface area (Å²) in [6.45, 7) is 0.813. The molecular formula is C12H12N2O2S. The van der Waals surface area contributed by atoms with Crippen LogP contribution in [-0.4, -0.2) is 28.6 Å². The Labute approximate surface area is 103 Å². The van der Waals surface area contributed by atoms with Gasteiger partial charge in [-0.05, 0) is 30.4 Å². The van der Waals surface area contributed by atoms with E-state index in [9.17, 15) is 9.90 Å². The molecule has 88 valence electrons. The molecule has 0 saturated carbocycles. The molecule has 0 aliphatic carbocycles. The third kappa shape index (κ3) is 1.67. The van der Waals surface area contributed by atoms with Gasteiger partial charge in [-0.3, -0.25) is 4.98 Å². The van der Waals surface area contributed by atoms with Crippen LogP contribution in [0.15, 0.2) is 23.7 Å². The van der Waals surface area contributed by atoms with Gasteiger partial charge in [0.15, 0.2) is 0 Å². The Balaban J connectivity index is 2.08. The lowest BCUT2D eigenvalue weighted by Gasteiger charge is -2.23. The summed E-state index contributed by atoms with van der Waals surface area (Å²) < 4.78 is 1.08. The summed E-state index contributed by atoms with van der Waals surface area (Å²) in [7, 11) is 0. The summed E-state index contributed by atoms with van der Waals surface area (Å²) in [6.07, 6.45) is 3.41. The van der Waals surface area contributed by atoms with E-state index in [0.717, 1.165) is 35.3 Å². The number of thiophene rings is 1. The van der Waals surface area contributed by atoms with E-state index in [0.29, 0.717) is 0 Å².